The Morgan fingerprint density at radius 2 is 0.431 bits per heavy atom. The molecule has 558 valence electrons. The van der Waals surface area contributed by atoms with E-state index in [9.17, 15) is 0 Å². The van der Waals surface area contributed by atoms with Crippen molar-refractivity contribution in [2.75, 3.05) is 19.6 Å². The lowest BCUT2D eigenvalue weighted by molar-refractivity contribution is 0.476. The van der Waals surface area contributed by atoms with Gasteiger partial charge in [-0.3, -0.25) is 0 Å². The third kappa shape index (κ3) is 11.2. The fourth-order valence-electron chi connectivity index (χ4n) is 17.5. The van der Waals surface area contributed by atoms with Crippen LogP contribution < -0.4 is 38.5 Å². The lowest BCUT2D eigenvalue weighted by atomic mass is 9.82. The highest BCUT2D eigenvalue weighted by Crippen LogP contribution is 2.58. The molecule has 0 amide bonds. The first-order chi connectivity index (χ1) is 56.5. The highest BCUT2D eigenvalue weighted by atomic mass is 16.5. The van der Waals surface area contributed by atoms with Gasteiger partial charge in [-0.1, -0.05) is 175 Å². The molecule has 4 aliphatic heterocycles. The van der Waals surface area contributed by atoms with Crippen LogP contribution in [0.2, 0.25) is 0 Å². The van der Waals surface area contributed by atoms with Crippen LogP contribution in [0, 0.1) is 13.8 Å². The zero-order chi connectivity index (χ0) is 78.0. The highest BCUT2D eigenvalue weighted by molar-refractivity contribution is 6.16. The molecule has 0 saturated heterocycles. The maximum atomic E-state index is 7.36. The van der Waals surface area contributed by atoms with E-state index < -0.39 is 0 Å². The number of anilines is 12. The number of rotatable bonds is 9. The molecule has 22 rings (SSSR count). The molecule has 10 heteroatoms. The summed E-state index contributed by atoms with van der Waals surface area (Å²) in [6.07, 6.45) is 0. The van der Waals surface area contributed by atoms with E-state index in [-0.39, 0.29) is 10.8 Å². The fourth-order valence-corrected chi connectivity index (χ4v) is 17.5. The molecule has 4 aliphatic rings. The lowest BCUT2D eigenvalue weighted by Gasteiger charge is -2.34. The summed E-state index contributed by atoms with van der Waals surface area (Å²) in [5.74, 6) is 6.31. The van der Waals surface area contributed by atoms with Crippen LogP contribution >= 0.6 is 0 Å². The van der Waals surface area contributed by atoms with Crippen molar-refractivity contribution in [1.29, 1.82) is 0 Å². The van der Waals surface area contributed by atoms with E-state index in [1.54, 1.807) is 0 Å². The topological polar surface area (TPSA) is 76.2 Å². The van der Waals surface area contributed by atoms with Crippen molar-refractivity contribution in [1.82, 2.24) is 0 Å². The predicted octanol–water partition coefficient (Wildman–Crippen LogP) is 31.3. The number of hydrogen-bond acceptors (Lipinski definition) is 10. The van der Waals surface area contributed by atoms with E-state index in [2.05, 4.69) is 330 Å². The number of aryl methyl sites for hydroxylation is 2. The van der Waals surface area contributed by atoms with Crippen LogP contribution in [0.25, 0.3) is 99.5 Å². The number of ether oxygens (including phenoxy) is 4. The molecule has 0 spiro atoms. The van der Waals surface area contributed by atoms with Crippen molar-refractivity contribution in [2.45, 2.75) is 66.2 Å². The van der Waals surface area contributed by atoms with E-state index >= 15 is 0 Å². The summed E-state index contributed by atoms with van der Waals surface area (Å²) >= 11 is 0. The largest absolute Gasteiger partial charge is 0.455 e. The second-order valence-corrected chi connectivity index (χ2v) is 33.0. The average molecular weight is 1500 g/mol. The van der Waals surface area contributed by atoms with Crippen LogP contribution in [0.5, 0.6) is 46.0 Å². The Hall–Kier alpha value is -14.5. The van der Waals surface area contributed by atoms with Gasteiger partial charge >= 0.3 is 0 Å². The van der Waals surface area contributed by atoms with E-state index in [0.29, 0.717) is 0 Å². The van der Waals surface area contributed by atoms with Crippen molar-refractivity contribution >= 4 is 112 Å². The molecule has 6 heterocycles. The molecule has 0 unspecified atom stereocenters. The predicted molar refractivity (Wildman–Crippen MR) is 474 cm³/mol. The molecule has 0 bridgehead atoms. The van der Waals surface area contributed by atoms with Crippen LogP contribution in [0.3, 0.4) is 0 Å². The number of furan rings is 2. The van der Waals surface area contributed by atoms with Gasteiger partial charge < -0.3 is 47.4 Å². The second kappa shape index (κ2) is 26.0. The number of hydrogen-bond donors (Lipinski definition) is 0. The van der Waals surface area contributed by atoms with Crippen LogP contribution in [0.15, 0.2) is 336 Å². The Balaban J connectivity index is 0.570. The van der Waals surface area contributed by atoms with Gasteiger partial charge in [0, 0.05) is 66.5 Å². The van der Waals surface area contributed by atoms with E-state index in [0.717, 1.165) is 225 Å². The monoisotopic (exact) mass is 1500 g/mol. The minimum absolute atomic E-state index is 0.147. The van der Waals surface area contributed by atoms with Gasteiger partial charge in [-0.2, -0.15) is 0 Å². The molecule has 10 nitrogen and oxygen atoms in total. The minimum atomic E-state index is -0.163. The van der Waals surface area contributed by atoms with Gasteiger partial charge in [0.05, 0.1) is 45.5 Å². The van der Waals surface area contributed by atoms with Crippen LogP contribution in [-0.4, -0.2) is 0 Å². The summed E-state index contributed by atoms with van der Waals surface area (Å²) < 4.78 is 41.1. The third-order valence-corrected chi connectivity index (χ3v) is 23.4. The summed E-state index contributed by atoms with van der Waals surface area (Å²) in [5, 5.41) is 4.38. The van der Waals surface area contributed by atoms with Gasteiger partial charge in [0.15, 0.2) is 46.0 Å². The zero-order valence-electron chi connectivity index (χ0n) is 65.4. The summed E-state index contributed by atoms with van der Waals surface area (Å²) in [6, 6.07) is 116. The molecule has 18 aromatic rings. The summed E-state index contributed by atoms with van der Waals surface area (Å²) in [5.41, 5.74) is 30.2. The highest BCUT2D eigenvalue weighted by Gasteiger charge is 2.34. The Labute approximate surface area is 673 Å². The first-order valence-corrected chi connectivity index (χ1v) is 39.7. The van der Waals surface area contributed by atoms with Crippen molar-refractivity contribution in [3.8, 4) is 102 Å². The summed E-state index contributed by atoms with van der Waals surface area (Å²) in [6.45, 7) is 18.1. The molecule has 0 fully saturated rings. The van der Waals surface area contributed by atoms with E-state index in [4.69, 9.17) is 27.8 Å². The SMILES string of the molecule is Cc1cc(-c2ccc(N3c4ccccc4Oc4ccccc43)cc2)c2oc3c(-c4ccc(N5c6ccccc6Oc6cc(-c7ccc8c(c7)Oc7ccccc7N8c7ccc(-c8cc(C(C)(C)C)cc9c8oc8c(-c%10ccc(N%11c%12ccccc%12Oc%12ccccc%12%11)cc%10)cc(C(C)(C)C)cc89)cc7)ccc65)cc4)cc(C)cc3c2c1. The maximum Gasteiger partial charge on any atom is 0.152 e. The standard InChI is InChI=1S/C106H78N4O6/c1-63-53-77(65-33-43-73(44-34-65)107-85-21-9-15-27-93(85)111-94-28-16-10-22-86(94)107)101-81(55-63)82-56-64(2)54-78(102(82)115-101)66-35-45-75(46-36-66)109-89-25-13-19-31-97(89)113-99-57-69(41-51-91(99)109)70-42-52-92-100(58-70)114-98-32-20-14-26-90(98)110(92)76-49-39-68(40-50-76)80-60-72(106(6,7)8)62-84-83-61-71(105(3,4)5)59-79(103(83)116-104(80)84)67-37-47-74(48-38-67)108-87-23-11-17-29-95(87)112-96-30-18-12-24-88(96)108/h9-62H,1-8H3. The van der Waals surface area contributed by atoms with E-state index in [1.807, 2.05) is 72.8 Å². The number of fused-ring (bicyclic) bond motifs is 14. The van der Waals surface area contributed by atoms with Crippen LogP contribution in [-0.2, 0) is 10.8 Å². The van der Waals surface area contributed by atoms with Gasteiger partial charge in [-0.05, 0) is 274 Å². The Morgan fingerprint density at radius 1 is 0.207 bits per heavy atom. The Bertz CT molecular complexity index is 6990. The molecule has 0 aliphatic carbocycles. The molecular formula is C106H78N4O6. The maximum absolute atomic E-state index is 7.36. The molecule has 2 aromatic heterocycles. The minimum Gasteiger partial charge on any atom is -0.455 e. The smallest absolute Gasteiger partial charge is 0.152 e. The van der Waals surface area contributed by atoms with E-state index in [1.165, 1.54) is 11.1 Å². The van der Waals surface area contributed by atoms with Gasteiger partial charge in [0.2, 0.25) is 0 Å². The molecular weight excluding hydrogens is 1430 g/mol. The average Bonchev–Trinajstić information content (AvgIpc) is 1.50. The third-order valence-electron chi connectivity index (χ3n) is 23.4. The molecule has 0 saturated carbocycles. The number of nitrogens with zero attached hydrogens (tertiary/aromatic N) is 4. The number of para-hydroxylation sites is 12. The molecule has 0 radical (unpaired) electrons. The van der Waals surface area contributed by atoms with Crippen molar-refractivity contribution < 1.29 is 27.8 Å². The Morgan fingerprint density at radius 3 is 0.698 bits per heavy atom. The van der Waals surface area contributed by atoms with Gasteiger partial charge in [0.1, 0.15) is 22.3 Å². The van der Waals surface area contributed by atoms with Gasteiger partial charge in [-0.25, -0.2) is 0 Å². The van der Waals surface area contributed by atoms with Gasteiger partial charge in [0.25, 0.3) is 0 Å². The molecule has 0 N–H and O–H groups in total. The Kier molecular flexibility index (Phi) is 15.3. The van der Waals surface area contributed by atoms with Crippen LogP contribution in [0.4, 0.5) is 68.2 Å². The number of benzene rings is 16. The molecule has 116 heavy (non-hydrogen) atoms. The molecule has 0 atom stereocenters. The van der Waals surface area contributed by atoms with Crippen molar-refractivity contribution in [2.24, 2.45) is 0 Å². The molecule has 16 aromatic carbocycles. The normalized spacial score (nSPS) is 13.2. The summed E-state index contributed by atoms with van der Waals surface area (Å²) in [4.78, 5) is 9.16. The second-order valence-electron chi connectivity index (χ2n) is 33.0. The van der Waals surface area contributed by atoms with Crippen LogP contribution in [0.1, 0.15) is 63.8 Å². The zero-order valence-corrected chi connectivity index (χ0v) is 65.4. The van der Waals surface area contributed by atoms with Crippen molar-refractivity contribution in [3.05, 3.63) is 350 Å². The van der Waals surface area contributed by atoms with Crippen molar-refractivity contribution in [3.63, 3.8) is 0 Å². The first-order valence-electron chi connectivity index (χ1n) is 39.7. The fraction of sp³-hybridized carbons (Fsp3) is 0.0943. The van der Waals surface area contributed by atoms with Gasteiger partial charge in [-0.15, -0.1) is 0 Å². The summed E-state index contributed by atoms with van der Waals surface area (Å²) in [7, 11) is 0. The quantitative estimate of drug-likeness (QED) is 0.139. The lowest BCUT2D eigenvalue weighted by Crippen LogP contribution is -2.16. The first kappa shape index (κ1) is 68.3.